The molecule has 2 heterocycles. The van der Waals surface area contributed by atoms with E-state index in [9.17, 15) is 0 Å². The second-order valence-electron chi connectivity index (χ2n) is 10.4. The topological polar surface area (TPSA) is 37.3 Å². The molecule has 1 aliphatic heterocycles. The zero-order valence-electron chi connectivity index (χ0n) is 23.1. The molecule has 0 saturated heterocycles. The van der Waals surface area contributed by atoms with Crippen LogP contribution in [0, 0.1) is 0 Å². The van der Waals surface area contributed by atoms with E-state index in [4.69, 9.17) is 4.99 Å². The molecule has 200 valence electrons. The Morgan fingerprint density at radius 2 is 0.905 bits per heavy atom. The molecule has 42 heavy (non-hydrogen) atoms. The molecule has 0 spiro atoms. The first kappa shape index (κ1) is 25.4. The predicted octanol–water partition coefficient (Wildman–Crippen LogP) is 9.21. The Morgan fingerprint density at radius 3 is 1.48 bits per heavy atom. The van der Waals surface area contributed by atoms with Gasteiger partial charge in [-0.2, -0.15) is 0 Å². The average molecular weight is 540 g/mol. The van der Waals surface area contributed by atoms with Crippen molar-refractivity contribution >= 4 is 11.4 Å². The Morgan fingerprint density at radius 1 is 0.429 bits per heavy atom. The highest BCUT2D eigenvalue weighted by Gasteiger charge is 2.19. The molecule has 0 fully saturated rings. The summed E-state index contributed by atoms with van der Waals surface area (Å²) in [6.45, 7) is 0. The van der Waals surface area contributed by atoms with Crippen molar-refractivity contribution in [3.63, 3.8) is 0 Å². The first-order valence-electron chi connectivity index (χ1n) is 14.2. The van der Waals surface area contributed by atoms with Gasteiger partial charge in [-0.3, -0.25) is 9.98 Å². The van der Waals surface area contributed by atoms with E-state index in [-0.39, 0.29) is 6.17 Å². The lowest BCUT2D eigenvalue weighted by molar-refractivity contribution is 0.664. The van der Waals surface area contributed by atoms with Gasteiger partial charge in [0, 0.05) is 18.1 Å². The standard InChI is InChI=1S/C39H29N3/c1-3-8-28(9-4-1)29-19-23-35(24-20-29)39-41-37(33-10-5-2-6-11-33)26-38(42-39)34-21-17-31(18-22-34)30-13-15-32(16-14-30)36-12-7-25-40-27-36/h1-27,39,42H. The van der Waals surface area contributed by atoms with Crippen LogP contribution in [-0.2, 0) is 0 Å². The molecule has 0 bridgehead atoms. The van der Waals surface area contributed by atoms with Crippen molar-refractivity contribution in [2.24, 2.45) is 4.99 Å². The molecule has 5 aromatic carbocycles. The SMILES string of the molecule is C1=C(c2ccc(-c3ccc(-c4cccnc4)cc3)cc2)NC(c2ccc(-c3ccccc3)cc2)N=C1c1ccccc1. The summed E-state index contributed by atoms with van der Waals surface area (Å²) in [7, 11) is 0. The molecule has 1 unspecified atom stereocenters. The fourth-order valence-corrected chi connectivity index (χ4v) is 5.34. The van der Waals surface area contributed by atoms with E-state index in [0.29, 0.717) is 0 Å². The Labute approximate surface area is 246 Å². The predicted molar refractivity (Wildman–Crippen MR) is 174 cm³/mol. The van der Waals surface area contributed by atoms with Gasteiger partial charge >= 0.3 is 0 Å². The van der Waals surface area contributed by atoms with Crippen molar-refractivity contribution in [2.45, 2.75) is 6.17 Å². The molecule has 3 heteroatoms. The fraction of sp³-hybridized carbons (Fsp3) is 0.0256. The molecule has 6 aromatic rings. The summed E-state index contributed by atoms with van der Waals surface area (Å²) in [5.41, 5.74) is 12.4. The van der Waals surface area contributed by atoms with Crippen LogP contribution in [0.25, 0.3) is 39.1 Å². The van der Waals surface area contributed by atoms with Gasteiger partial charge in [0.05, 0.1) is 5.71 Å². The maximum absolute atomic E-state index is 5.12. The minimum Gasteiger partial charge on any atom is -0.360 e. The number of hydrogen-bond donors (Lipinski definition) is 1. The van der Waals surface area contributed by atoms with Crippen molar-refractivity contribution in [1.29, 1.82) is 0 Å². The highest BCUT2D eigenvalue weighted by Crippen LogP contribution is 2.30. The Hall–Kier alpha value is -5.54. The lowest BCUT2D eigenvalue weighted by atomic mass is 9.98. The van der Waals surface area contributed by atoms with Gasteiger partial charge in [-0.1, -0.05) is 140 Å². The minimum absolute atomic E-state index is 0.190. The van der Waals surface area contributed by atoms with Crippen LogP contribution in [-0.4, -0.2) is 10.7 Å². The van der Waals surface area contributed by atoms with Gasteiger partial charge in [0.2, 0.25) is 0 Å². The van der Waals surface area contributed by atoms with Crippen LogP contribution in [0.4, 0.5) is 0 Å². The summed E-state index contributed by atoms with van der Waals surface area (Å²) in [5.74, 6) is 0. The third kappa shape index (κ3) is 5.41. The van der Waals surface area contributed by atoms with Crippen LogP contribution >= 0.6 is 0 Å². The summed E-state index contributed by atoms with van der Waals surface area (Å²) < 4.78 is 0. The highest BCUT2D eigenvalue weighted by atomic mass is 15.1. The quantitative estimate of drug-likeness (QED) is 0.229. The normalized spacial score (nSPS) is 14.4. The third-order valence-corrected chi connectivity index (χ3v) is 7.65. The monoisotopic (exact) mass is 539 g/mol. The van der Waals surface area contributed by atoms with Crippen LogP contribution in [0.3, 0.4) is 0 Å². The summed E-state index contributed by atoms with van der Waals surface area (Å²) in [6.07, 6.45) is 5.66. The number of aliphatic imine (C=N–C) groups is 1. The Kier molecular flexibility index (Phi) is 6.97. The van der Waals surface area contributed by atoms with E-state index in [0.717, 1.165) is 39.2 Å². The second-order valence-corrected chi connectivity index (χ2v) is 10.4. The van der Waals surface area contributed by atoms with Gasteiger partial charge in [0.15, 0.2) is 0 Å². The smallest absolute Gasteiger partial charge is 0.145 e. The molecule has 1 aliphatic rings. The second kappa shape index (κ2) is 11.5. The molecule has 0 aliphatic carbocycles. The number of nitrogens with zero attached hydrogens (tertiary/aromatic N) is 2. The van der Waals surface area contributed by atoms with E-state index in [1.54, 1.807) is 6.20 Å². The molecule has 1 aromatic heterocycles. The maximum Gasteiger partial charge on any atom is 0.145 e. The van der Waals surface area contributed by atoms with Crippen LogP contribution < -0.4 is 5.32 Å². The lowest BCUT2D eigenvalue weighted by Crippen LogP contribution is -2.24. The Bertz CT molecular complexity index is 1840. The maximum atomic E-state index is 5.12. The molecular formula is C39H29N3. The van der Waals surface area contributed by atoms with Crippen molar-refractivity contribution in [1.82, 2.24) is 10.3 Å². The number of aromatic nitrogens is 1. The number of nitrogens with one attached hydrogen (secondary N) is 1. The number of benzene rings is 5. The number of allylic oxidation sites excluding steroid dienone is 1. The van der Waals surface area contributed by atoms with Gasteiger partial charge in [-0.25, -0.2) is 0 Å². The van der Waals surface area contributed by atoms with Crippen molar-refractivity contribution in [3.8, 4) is 33.4 Å². The van der Waals surface area contributed by atoms with Crippen LogP contribution in [0.5, 0.6) is 0 Å². The van der Waals surface area contributed by atoms with Crippen LogP contribution in [0.2, 0.25) is 0 Å². The van der Waals surface area contributed by atoms with Crippen molar-refractivity contribution < 1.29 is 0 Å². The van der Waals surface area contributed by atoms with Crippen LogP contribution in [0.1, 0.15) is 22.9 Å². The molecule has 0 radical (unpaired) electrons. The van der Waals surface area contributed by atoms with Crippen LogP contribution in [0.15, 0.2) is 169 Å². The summed E-state index contributed by atoms with van der Waals surface area (Å²) >= 11 is 0. The zero-order chi connectivity index (χ0) is 28.1. The molecule has 1 N–H and O–H groups in total. The molecule has 3 nitrogen and oxygen atoms in total. The van der Waals surface area contributed by atoms with E-state index in [1.807, 2.05) is 24.4 Å². The summed E-state index contributed by atoms with van der Waals surface area (Å²) in [6, 6.07) is 51.0. The van der Waals surface area contributed by atoms with E-state index < -0.39 is 0 Å². The van der Waals surface area contributed by atoms with E-state index in [2.05, 4.69) is 144 Å². The van der Waals surface area contributed by atoms with Gasteiger partial charge < -0.3 is 5.32 Å². The summed E-state index contributed by atoms with van der Waals surface area (Å²) in [5, 5.41) is 3.70. The molecule has 0 saturated carbocycles. The van der Waals surface area contributed by atoms with Gasteiger partial charge in [0.1, 0.15) is 6.17 Å². The molecular weight excluding hydrogens is 510 g/mol. The van der Waals surface area contributed by atoms with E-state index in [1.165, 1.54) is 22.3 Å². The van der Waals surface area contributed by atoms with Gasteiger partial charge in [0.25, 0.3) is 0 Å². The van der Waals surface area contributed by atoms with Crippen molar-refractivity contribution in [2.75, 3.05) is 0 Å². The molecule has 0 amide bonds. The molecule has 1 atom stereocenters. The first-order valence-corrected chi connectivity index (χ1v) is 14.2. The largest absolute Gasteiger partial charge is 0.360 e. The van der Waals surface area contributed by atoms with Gasteiger partial charge in [-0.05, 0) is 62.2 Å². The fourth-order valence-electron chi connectivity index (χ4n) is 5.34. The summed E-state index contributed by atoms with van der Waals surface area (Å²) in [4.78, 5) is 9.37. The van der Waals surface area contributed by atoms with Crippen molar-refractivity contribution in [3.05, 3.63) is 181 Å². The minimum atomic E-state index is -0.190. The Balaban J connectivity index is 1.17. The molecule has 7 rings (SSSR count). The number of hydrogen-bond acceptors (Lipinski definition) is 3. The zero-order valence-corrected chi connectivity index (χ0v) is 23.1. The van der Waals surface area contributed by atoms with Gasteiger partial charge in [-0.15, -0.1) is 0 Å². The first-order chi connectivity index (χ1) is 20.8. The van der Waals surface area contributed by atoms with E-state index >= 15 is 0 Å². The third-order valence-electron chi connectivity index (χ3n) is 7.65. The average Bonchev–Trinajstić information content (AvgIpc) is 3.09. The number of rotatable bonds is 6. The number of pyridine rings is 1. The highest BCUT2D eigenvalue weighted by molar-refractivity contribution is 6.13. The lowest BCUT2D eigenvalue weighted by Gasteiger charge is -2.25.